The molecule has 1 aliphatic rings. The maximum atomic E-state index is 5.78. The first-order chi connectivity index (χ1) is 8.81. The van der Waals surface area contributed by atoms with Crippen molar-refractivity contribution in [2.45, 2.75) is 25.3 Å². The van der Waals surface area contributed by atoms with Gasteiger partial charge in [0, 0.05) is 37.5 Å². The van der Waals surface area contributed by atoms with Gasteiger partial charge in [-0.15, -0.1) is 0 Å². The molecule has 0 amide bonds. The molecule has 0 atom stereocenters. The third-order valence-corrected chi connectivity index (χ3v) is 2.94. The zero-order chi connectivity index (χ0) is 12.4. The summed E-state index contributed by atoms with van der Waals surface area (Å²) in [7, 11) is 0. The second kappa shape index (κ2) is 4.64. The number of rotatable bonds is 5. The predicted octanol–water partition coefficient (Wildman–Crippen LogP) is 1.24. The lowest BCUT2D eigenvalue weighted by Crippen LogP contribution is -2.11. The van der Waals surface area contributed by atoms with Gasteiger partial charge in [-0.1, -0.05) is 0 Å². The van der Waals surface area contributed by atoms with Crippen molar-refractivity contribution >= 4 is 11.6 Å². The van der Waals surface area contributed by atoms with E-state index in [-0.39, 0.29) is 0 Å². The molecule has 0 aliphatic heterocycles. The van der Waals surface area contributed by atoms with Crippen molar-refractivity contribution in [3.63, 3.8) is 0 Å². The summed E-state index contributed by atoms with van der Waals surface area (Å²) in [5.41, 5.74) is 5.78. The smallest absolute Gasteiger partial charge is 0.136 e. The van der Waals surface area contributed by atoms with Crippen LogP contribution in [0.5, 0.6) is 0 Å². The zero-order valence-electron chi connectivity index (χ0n) is 10.1. The minimum atomic E-state index is 0.516. The predicted molar refractivity (Wildman–Crippen MR) is 69.1 cm³/mol. The molecule has 0 unspecified atom stereocenters. The fourth-order valence-corrected chi connectivity index (χ4v) is 1.83. The monoisotopic (exact) mass is 244 g/mol. The van der Waals surface area contributed by atoms with E-state index in [2.05, 4.69) is 20.3 Å². The van der Waals surface area contributed by atoms with E-state index in [1.165, 1.54) is 12.8 Å². The molecule has 2 aromatic rings. The molecule has 0 spiro atoms. The van der Waals surface area contributed by atoms with Crippen molar-refractivity contribution in [3.8, 4) is 0 Å². The Morgan fingerprint density at radius 2 is 2.28 bits per heavy atom. The summed E-state index contributed by atoms with van der Waals surface area (Å²) >= 11 is 0. The normalized spacial score (nSPS) is 14.7. The highest BCUT2D eigenvalue weighted by atomic mass is 15.1. The first-order valence-corrected chi connectivity index (χ1v) is 6.15. The topological polar surface area (TPSA) is 81.6 Å². The first-order valence-electron chi connectivity index (χ1n) is 6.15. The van der Waals surface area contributed by atoms with E-state index >= 15 is 0 Å². The Hall–Kier alpha value is -2.11. The summed E-state index contributed by atoms with van der Waals surface area (Å²) in [6, 6.07) is 1.78. The summed E-state index contributed by atoms with van der Waals surface area (Å²) in [6.45, 7) is 1.64. The lowest BCUT2D eigenvalue weighted by molar-refractivity contribution is 0.724. The average Bonchev–Trinajstić information content (AvgIpc) is 3.08. The summed E-state index contributed by atoms with van der Waals surface area (Å²) < 4.78 is 2.01. The van der Waals surface area contributed by atoms with Gasteiger partial charge in [-0.3, -0.25) is 0 Å². The molecule has 0 bridgehead atoms. The molecule has 1 saturated carbocycles. The van der Waals surface area contributed by atoms with E-state index in [1.54, 1.807) is 18.6 Å². The maximum absolute atomic E-state index is 5.78. The highest BCUT2D eigenvalue weighted by molar-refractivity contribution is 5.45. The van der Waals surface area contributed by atoms with Crippen molar-refractivity contribution in [1.82, 2.24) is 19.5 Å². The van der Waals surface area contributed by atoms with Gasteiger partial charge in [0.1, 0.15) is 17.5 Å². The van der Waals surface area contributed by atoms with Crippen LogP contribution in [0.3, 0.4) is 0 Å². The van der Waals surface area contributed by atoms with Gasteiger partial charge >= 0.3 is 0 Å². The van der Waals surface area contributed by atoms with Crippen LogP contribution in [0, 0.1) is 0 Å². The molecule has 1 aliphatic carbocycles. The summed E-state index contributed by atoms with van der Waals surface area (Å²) in [5, 5.41) is 3.27. The number of imidazole rings is 1. The number of nitrogens with one attached hydrogen (secondary N) is 1. The molecule has 2 heterocycles. The van der Waals surface area contributed by atoms with E-state index in [0.717, 1.165) is 24.7 Å². The second-order valence-corrected chi connectivity index (χ2v) is 4.54. The van der Waals surface area contributed by atoms with Crippen molar-refractivity contribution in [1.29, 1.82) is 0 Å². The minimum absolute atomic E-state index is 0.516. The molecule has 3 rings (SSSR count). The molecule has 1 fully saturated rings. The zero-order valence-corrected chi connectivity index (χ0v) is 10.1. The van der Waals surface area contributed by atoms with E-state index in [9.17, 15) is 0 Å². The van der Waals surface area contributed by atoms with Crippen LogP contribution in [-0.2, 0) is 6.54 Å². The Morgan fingerprint density at radius 1 is 1.39 bits per heavy atom. The molecule has 3 N–H and O–H groups in total. The molecule has 6 nitrogen and oxygen atoms in total. The molecule has 18 heavy (non-hydrogen) atoms. The summed E-state index contributed by atoms with van der Waals surface area (Å²) in [5.74, 6) is 2.74. The minimum Gasteiger partial charge on any atom is -0.384 e. The average molecular weight is 244 g/mol. The number of nitrogens with two attached hydrogens (primary N) is 1. The number of nitrogens with zero attached hydrogens (tertiary/aromatic N) is 4. The standard InChI is InChI=1S/C12H16N6/c13-10-7-11(17-12(16-10)9-1-2-9)15-4-6-18-5-3-14-8-18/h3,5,7-9H,1-2,4,6H2,(H3,13,15,16,17). The molecule has 0 radical (unpaired) electrons. The van der Waals surface area contributed by atoms with Crippen molar-refractivity contribution in [3.05, 3.63) is 30.6 Å². The van der Waals surface area contributed by atoms with Crippen LogP contribution >= 0.6 is 0 Å². The lowest BCUT2D eigenvalue weighted by atomic mass is 10.4. The van der Waals surface area contributed by atoms with Crippen LogP contribution in [0.1, 0.15) is 24.6 Å². The van der Waals surface area contributed by atoms with Gasteiger partial charge in [0.05, 0.1) is 6.33 Å². The van der Waals surface area contributed by atoms with Gasteiger partial charge in [0.25, 0.3) is 0 Å². The van der Waals surface area contributed by atoms with Crippen molar-refractivity contribution in [2.75, 3.05) is 17.6 Å². The first kappa shape index (κ1) is 11.0. The molecule has 0 saturated heterocycles. The van der Waals surface area contributed by atoms with Crippen molar-refractivity contribution in [2.24, 2.45) is 0 Å². The number of anilines is 2. The highest BCUT2D eigenvalue weighted by Crippen LogP contribution is 2.38. The molecular weight excluding hydrogens is 228 g/mol. The number of hydrogen-bond donors (Lipinski definition) is 2. The van der Waals surface area contributed by atoms with E-state index in [0.29, 0.717) is 11.7 Å². The molecular formula is C12H16N6. The van der Waals surface area contributed by atoms with Crippen LogP contribution in [0.2, 0.25) is 0 Å². The Balaban J connectivity index is 1.61. The van der Waals surface area contributed by atoms with Gasteiger partial charge in [-0.2, -0.15) is 0 Å². The van der Waals surface area contributed by atoms with Crippen LogP contribution in [0.25, 0.3) is 0 Å². The molecule has 94 valence electrons. The van der Waals surface area contributed by atoms with E-state index in [1.807, 2.05) is 10.8 Å². The Labute approximate surface area is 105 Å². The van der Waals surface area contributed by atoms with Crippen LogP contribution in [0.4, 0.5) is 11.6 Å². The molecule has 2 aromatic heterocycles. The Bertz CT molecular complexity index is 517. The molecule has 6 heteroatoms. The third-order valence-electron chi connectivity index (χ3n) is 2.94. The van der Waals surface area contributed by atoms with Gasteiger partial charge in [0.2, 0.25) is 0 Å². The maximum Gasteiger partial charge on any atom is 0.136 e. The molecule has 0 aromatic carbocycles. The second-order valence-electron chi connectivity index (χ2n) is 4.54. The van der Waals surface area contributed by atoms with E-state index in [4.69, 9.17) is 5.73 Å². The fourth-order valence-electron chi connectivity index (χ4n) is 1.83. The van der Waals surface area contributed by atoms with Gasteiger partial charge in [-0.25, -0.2) is 15.0 Å². The van der Waals surface area contributed by atoms with Crippen molar-refractivity contribution < 1.29 is 0 Å². The fraction of sp³-hybridized carbons (Fsp3) is 0.417. The van der Waals surface area contributed by atoms with Crippen LogP contribution < -0.4 is 11.1 Å². The van der Waals surface area contributed by atoms with Crippen LogP contribution in [-0.4, -0.2) is 26.1 Å². The number of aromatic nitrogens is 4. The van der Waals surface area contributed by atoms with E-state index < -0.39 is 0 Å². The van der Waals surface area contributed by atoms with Gasteiger partial charge in [0.15, 0.2) is 0 Å². The Kier molecular flexibility index (Phi) is 2.84. The third kappa shape index (κ3) is 2.58. The van der Waals surface area contributed by atoms with Crippen LogP contribution in [0.15, 0.2) is 24.8 Å². The number of hydrogen-bond acceptors (Lipinski definition) is 5. The largest absolute Gasteiger partial charge is 0.384 e. The van der Waals surface area contributed by atoms with Gasteiger partial charge < -0.3 is 15.6 Å². The van der Waals surface area contributed by atoms with Gasteiger partial charge in [-0.05, 0) is 12.8 Å². The number of nitrogen functional groups attached to an aromatic ring is 1. The Morgan fingerprint density at radius 3 is 3.00 bits per heavy atom. The lowest BCUT2D eigenvalue weighted by Gasteiger charge is -2.08. The quantitative estimate of drug-likeness (QED) is 0.827. The highest BCUT2D eigenvalue weighted by Gasteiger charge is 2.27. The summed E-state index contributed by atoms with van der Waals surface area (Å²) in [4.78, 5) is 12.7. The summed E-state index contributed by atoms with van der Waals surface area (Å²) in [6.07, 6.45) is 7.86. The SMILES string of the molecule is Nc1cc(NCCn2ccnc2)nc(C2CC2)n1.